The summed E-state index contributed by atoms with van der Waals surface area (Å²) in [4.78, 5) is 47.5. The average molecular weight is 415 g/mol. The smallest absolute Gasteiger partial charge is 0.259 e. The molecule has 0 bridgehead atoms. The summed E-state index contributed by atoms with van der Waals surface area (Å²) in [5.41, 5.74) is 2.16. The van der Waals surface area contributed by atoms with Gasteiger partial charge in [-0.25, -0.2) is 4.98 Å². The zero-order chi connectivity index (χ0) is 19.8. The number of aryl methyl sites for hydroxylation is 2. The molecule has 0 unspecified atom stereocenters. The highest BCUT2D eigenvalue weighted by molar-refractivity contribution is 7.99. The van der Waals surface area contributed by atoms with Gasteiger partial charge in [0.05, 0.1) is 28.3 Å². The molecule has 0 saturated heterocycles. The molecule has 1 aliphatic rings. The van der Waals surface area contributed by atoms with Gasteiger partial charge in [-0.05, 0) is 31.5 Å². The molecule has 0 fully saturated rings. The summed E-state index contributed by atoms with van der Waals surface area (Å²) in [5, 5.41) is 3.41. The highest BCUT2D eigenvalue weighted by Crippen LogP contribution is 2.30. The first-order chi connectivity index (χ1) is 13.4. The molecule has 0 spiro atoms. The highest BCUT2D eigenvalue weighted by Gasteiger charge is 2.26. The van der Waals surface area contributed by atoms with E-state index in [4.69, 9.17) is 0 Å². The molecule has 0 saturated carbocycles. The van der Waals surface area contributed by atoms with Crippen LogP contribution in [0.3, 0.4) is 0 Å². The van der Waals surface area contributed by atoms with Crippen molar-refractivity contribution in [2.24, 2.45) is 0 Å². The number of rotatable bonds is 4. The van der Waals surface area contributed by atoms with Gasteiger partial charge in [-0.2, -0.15) is 0 Å². The molecule has 2 amide bonds. The van der Waals surface area contributed by atoms with Crippen LogP contribution < -0.4 is 15.8 Å². The molecular formula is C19H18N4O3S2. The summed E-state index contributed by atoms with van der Waals surface area (Å²) in [6.45, 7) is 3.90. The van der Waals surface area contributed by atoms with E-state index in [1.54, 1.807) is 6.07 Å². The minimum Gasteiger partial charge on any atom is -0.323 e. The van der Waals surface area contributed by atoms with Crippen LogP contribution in [0.5, 0.6) is 0 Å². The van der Waals surface area contributed by atoms with Crippen LogP contribution in [0.25, 0.3) is 10.2 Å². The standard InChI is InChI=1S/C19H18N4O3S2/c1-10-11(2)28-19-17(10)18(26)21-14(22-19)8-27-9-16(25)23-7-15(24)20-12-5-3-4-6-13(12)23/h3-6H,7-9H2,1-2H3,(H,20,24)(H,21,22,26). The Labute approximate surface area is 169 Å². The third kappa shape index (κ3) is 3.43. The lowest BCUT2D eigenvalue weighted by molar-refractivity contribution is -0.120. The maximum absolute atomic E-state index is 12.7. The molecule has 1 aromatic carbocycles. The number of benzene rings is 1. The number of nitrogens with one attached hydrogen (secondary N) is 2. The number of hydrogen-bond acceptors (Lipinski definition) is 6. The number of fused-ring (bicyclic) bond motifs is 2. The molecule has 144 valence electrons. The highest BCUT2D eigenvalue weighted by atomic mass is 32.2. The second-order valence-electron chi connectivity index (χ2n) is 6.51. The van der Waals surface area contributed by atoms with Crippen molar-refractivity contribution in [3.05, 3.63) is 50.9 Å². The number of thioether (sulfide) groups is 1. The number of carbonyl (C=O) groups excluding carboxylic acids is 2. The van der Waals surface area contributed by atoms with Crippen molar-refractivity contribution in [1.82, 2.24) is 9.97 Å². The van der Waals surface area contributed by atoms with E-state index in [1.165, 1.54) is 28.0 Å². The summed E-state index contributed by atoms with van der Waals surface area (Å²) >= 11 is 2.86. The molecule has 9 heteroatoms. The van der Waals surface area contributed by atoms with Crippen molar-refractivity contribution in [2.75, 3.05) is 22.5 Å². The van der Waals surface area contributed by atoms with E-state index in [0.717, 1.165) is 15.3 Å². The largest absolute Gasteiger partial charge is 0.323 e. The minimum absolute atomic E-state index is 0.00516. The monoisotopic (exact) mass is 414 g/mol. The van der Waals surface area contributed by atoms with Crippen LogP contribution in [-0.2, 0) is 15.3 Å². The van der Waals surface area contributed by atoms with Crippen LogP contribution in [0.15, 0.2) is 29.1 Å². The lowest BCUT2D eigenvalue weighted by Crippen LogP contribution is -2.43. The van der Waals surface area contributed by atoms with Gasteiger partial charge in [-0.15, -0.1) is 23.1 Å². The molecule has 0 atom stereocenters. The van der Waals surface area contributed by atoms with Gasteiger partial charge in [0, 0.05) is 4.88 Å². The molecule has 2 aromatic heterocycles. The second-order valence-corrected chi connectivity index (χ2v) is 8.70. The molecular weight excluding hydrogens is 396 g/mol. The average Bonchev–Trinajstić information content (AvgIpc) is 2.95. The van der Waals surface area contributed by atoms with Gasteiger partial charge in [-0.3, -0.25) is 14.4 Å². The van der Waals surface area contributed by atoms with E-state index < -0.39 is 0 Å². The maximum atomic E-state index is 12.7. The van der Waals surface area contributed by atoms with Crippen molar-refractivity contribution < 1.29 is 9.59 Å². The van der Waals surface area contributed by atoms with Gasteiger partial charge >= 0.3 is 0 Å². The van der Waals surface area contributed by atoms with Crippen LogP contribution >= 0.6 is 23.1 Å². The number of carbonyl (C=O) groups is 2. The molecule has 0 radical (unpaired) electrons. The van der Waals surface area contributed by atoms with Crippen molar-refractivity contribution in [2.45, 2.75) is 19.6 Å². The van der Waals surface area contributed by atoms with Gasteiger partial charge in [0.15, 0.2) is 0 Å². The molecule has 3 heterocycles. The number of aromatic amines is 1. The number of nitrogens with zero attached hydrogens (tertiary/aromatic N) is 2. The summed E-state index contributed by atoms with van der Waals surface area (Å²) in [5.74, 6) is 0.782. The minimum atomic E-state index is -0.211. The predicted molar refractivity (Wildman–Crippen MR) is 113 cm³/mol. The Morgan fingerprint density at radius 2 is 2.07 bits per heavy atom. The molecule has 4 rings (SSSR count). The first-order valence-corrected chi connectivity index (χ1v) is 10.7. The quantitative estimate of drug-likeness (QED) is 0.685. The van der Waals surface area contributed by atoms with Crippen molar-refractivity contribution in [3.63, 3.8) is 0 Å². The summed E-state index contributed by atoms with van der Waals surface area (Å²) in [6.07, 6.45) is 0. The van der Waals surface area contributed by atoms with E-state index in [0.29, 0.717) is 28.3 Å². The normalized spacial score (nSPS) is 13.5. The Morgan fingerprint density at radius 1 is 1.29 bits per heavy atom. The van der Waals surface area contributed by atoms with Crippen molar-refractivity contribution >= 4 is 56.5 Å². The number of thiophene rings is 1. The zero-order valence-electron chi connectivity index (χ0n) is 15.4. The number of anilines is 2. The van der Waals surface area contributed by atoms with Crippen LogP contribution in [0.1, 0.15) is 16.3 Å². The molecule has 3 aromatic rings. The van der Waals surface area contributed by atoms with Gasteiger partial charge in [-0.1, -0.05) is 12.1 Å². The molecule has 28 heavy (non-hydrogen) atoms. The fourth-order valence-electron chi connectivity index (χ4n) is 3.14. The predicted octanol–water partition coefficient (Wildman–Crippen LogP) is 2.82. The maximum Gasteiger partial charge on any atom is 0.259 e. The molecule has 7 nitrogen and oxygen atoms in total. The van der Waals surface area contributed by atoms with Gasteiger partial charge in [0.2, 0.25) is 11.8 Å². The van der Waals surface area contributed by atoms with Gasteiger partial charge in [0.1, 0.15) is 17.2 Å². The lowest BCUT2D eigenvalue weighted by Gasteiger charge is -2.29. The number of H-pyrrole nitrogens is 1. The Morgan fingerprint density at radius 3 is 2.89 bits per heavy atom. The first-order valence-electron chi connectivity index (χ1n) is 8.70. The fraction of sp³-hybridized carbons (Fsp3) is 0.263. The molecule has 0 aliphatic carbocycles. The summed E-state index contributed by atoms with van der Waals surface area (Å²) in [6, 6.07) is 7.23. The summed E-state index contributed by atoms with van der Waals surface area (Å²) < 4.78 is 0. The van der Waals surface area contributed by atoms with Crippen LogP contribution in [0.4, 0.5) is 11.4 Å². The number of amides is 2. The molecule has 2 N–H and O–H groups in total. The zero-order valence-corrected chi connectivity index (χ0v) is 17.0. The van der Waals surface area contributed by atoms with E-state index >= 15 is 0 Å². The van der Waals surface area contributed by atoms with Gasteiger partial charge in [0.25, 0.3) is 5.56 Å². The Bertz CT molecular complexity index is 1150. The Kier molecular flexibility index (Phi) is 4.94. The van der Waals surface area contributed by atoms with Gasteiger partial charge < -0.3 is 15.2 Å². The van der Waals surface area contributed by atoms with E-state index in [1.807, 2.05) is 32.0 Å². The second kappa shape index (κ2) is 7.40. The van der Waals surface area contributed by atoms with Crippen LogP contribution in [0, 0.1) is 13.8 Å². The third-order valence-corrected chi connectivity index (χ3v) is 6.65. The first kappa shape index (κ1) is 18.7. The number of hydrogen-bond donors (Lipinski definition) is 2. The molecule has 1 aliphatic heterocycles. The lowest BCUT2D eigenvalue weighted by atomic mass is 10.2. The number of para-hydroxylation sites is 2. The van der Waals surface area contributed by atoms with Crippen molar-refractivity contribution in [3.8, 4) is 0 Å². The third-order valence-electron chi connectivity index (χ3n) is 4.62. The van der Waals surface area contributed by atoms with Crippen LogP contribution in [0.2, 0.25) is 0 Å². The summed E-state index contributed by atoms with van der Waals surface area (Å²) in [7, 11) is 0. The fourth-order valence-corrected chi connectivity index (χ4v) is 4.95. The van der Waals surface area contributed by atoms with E-state index in [2.05, 4.69) is 15.3 Å². The van der Waals surface area contributed by atoms with E-state index in [9.17, 15) is 14.4 Å². The topological polar surface area (TPSA) is 95.2 Å². The van der Waals surface area contributed by atoms with Crippen molar-refractivity contribution in [1.29, 1.82) is 0 Å². The number of aromatic nitrogens is 2. The van der Waals surface area contributed by atoms with E-state index in [-0.39, 0.29) is 29.7 Å². The SMILES string of the molecule is Cc1sc2nc(CSCC(=O)N3CC(=O)Nc4ccccc43)[nH]c(=O)c2c1C. The van der Waals surface area contributed by atoms with Crippen LogP contribution in [-0.4, -0.2) is 34.1 Å². The Hall–Kier alpha value is -2.65. The Balaban J connectivity index is 1.46.